The van der Waals surface area contributed by atoms with Crippen molar-refractivity contribution in [3.05, 3.63) is 23.3 Å². The fraction of sp³-hybridized carbons (Fsp3) is 0.556. The molecule has 0 saturated carbocycles. The molecule has 1 rings (SSSR count). The van der Waals surface area contributed by atoms with Crippen LogP contribution in [0.1, 0.15) is 27.2 Å². The summed E-state index contributed by atoms with van der Waals surface area (Å²) in [5, 5.41) is 0. The monoisotopic (exact) mass is 122 g/mol. The minimum absolute atomic E-state index is 0.735. The van der Waals surface area contributed by atoms with Crippen LogP contribution in [0.3, 0.4) is 0 Å². The second-order valence-electron chi connectivity index (χ2n) is 3.09. The van der Waals surface area contributed by atoms with Crippen molar-refractivity contribution < 1.29 is 0 Å². The van der Waals surface area contributed by atoms with E-state index in [9.17, 15) is 0 Å². The van der Waals surface area contributed by atoms with E-state index in [1.54, 1.807) is 5.57 Å². The molecule has 0 N–H and O–H groups in total. The summed E-state index contributed by atoms with van der Waals surface area (Å²) in [6, 6.07) is 0. The number of rotatable bonds is 1. The number of hydrogen-bond acceptors (Lipinski definition) is 0. The van der Waals surface area contributed by atoms with E-state index < -0.39 is 0 Å². The van der Waals surface area contributed by atoms with Gasteiger partial charge in [-0.15, -0.1) is 0 Å². The molecule has 0 amide bonds. The van der Waals surface area contributed by atoms with Crippen LogP contribution in [0.5, 0.6) is 0 Å². The van der Waals surface area contributed by atoms with Crippen molar-refractivity contribution in [1.82, 2.24) is 0 Å². The Bertz CT molecular complexity index is 159. The van der Waals surface area contributed by atoms with Crippen LogP contribution < -0.4 is 0 Å². The highest BCUT2D eigenvalue weighted by molar-refractivity contribution is 5.29. The summed E-state index contributed by atoms with van der Waals surface area (Å²) in [5.41, 5.74) is 3.08. The highest BCUT2D eigenvalue weighted by Gasteiger charge is 2.06. The molecule has 0 spiro atoms. The average Bonchev–Trinajstić information content (AvgIpc) is 2.14. The predicted octanol–water partition coefficient (Wildman–Crippen LogP) is 2.92. The normalized spacial score (nSPS) is 18.2. The van der Waals surface area contributed by atoms with Crippen LogP contribution in [0.4, 0.5) is 0 Å². The molecular formula is C9H14. The molecule has 0 nitrogen and oxygen atoms in total. The van der Waals surface area contributed by atoms with Crippen molar-refractivity contribution in [1.29, 1.82) is 0 Å². The smallest absolute Gasteiger partial charge is 0.0102 e. The minimum atomic E-state index is 0.735. The van der Waals surface area contributed by atoms with Gasteiger partial charge in [0.05, 0.1) is 0 Å². The molecule has 0 unspecified atom stereocenters. The summed E-state index contributed by atoms with van der Waals surface area (Å²) >= 11 is 0. The fourth-order valence-corrected chi connectivity index (χ4v) is 1.09. The van der Waals surface area contributed by atoms with Crippen LogP contribution in [-0.4, -0.2) is 0 Å². The van der Waals surface area contributed by atoms with Gasteiger partial charge < -0.3 is 0 Å². The third-order valence-corrected chi connectivity index (χ3v) is 1.81. The topological polar surface area (TPSA) is 0 Å². The zero-order chi connectivity index (χ0) is 6.85. The van der Waals surface area contributed by atoms with Crippen LogP contribution >= 0.6 is 0 Å². The fourth-order valence-electron chi connectivity index (χ4n) is 1.09. The Balaban J connectivity index is 2.54. The first kappa shape index (κ1) is 6.60. The van der Waals surface area contributed by atoms with Crippen molar-refractivity contribution in [3.8, 4) is 0 Å². The Kier molecular flexibility index (Phi) is 1.75. The summed E-state index contributed by atoms with van der Waals surface area (Å²) in [7, 11) is 0. The Hall–Kier alpha value is -0.520. The molecule has 0 aliphatic heterocycles. The SMILES string of the molecule is CC1=CC=C(C(C)C)C1. The van der Waals surface area contributed by atoms with Crippen molar-refractivity contribution >= 4 is 0 Å². The van der Waals surface area contributed by atoms with E-state index in [1.807, 2.05) is 0 Å². The van der Waals surface area contributed by atoms with Crippen molar-refractivity contribution in [2.75, 3.05) is 0 Å². The standard InChI is InChI=1S/C9H14/c1-7(2)9-5-4-8(3)6-9/h4-5,7H,6H2,1-3H3. The van der Waals surface area contributed by atoms with Crippen LogP contribution in [0.25, 0.3) is 0 Å². The Morgan fingerprint density at radius 3 is 2.22 bits per heavy atom. The molecule has 0 aromatic carbocycles. The van der Waals surface area contributed by atoms with E-state index in [-0.39, 0.29) is 0 Å². The summed E-state index contributed by atoms with van der Waals surface area (Å²) in [6.07, 6.45) is 5.67. The van der Waals surface area contributed by atoms with Crippen LogP contribution in [-0.2, 0) is 0 Å². The van der Waals surface area contributed by atoms with E-state index >= 15 is 0 Å². The lowest BCUT2D eigenvalue weighted by Crippen LogP contribution is -1.89. The molecular weight excluding hydrogens is 108 g/mol. The highest BCUT2D eigenvalue weighted by Crippen LogP contribution is 2.24. The van der Waals surface area contributed by atoms with Gasteiger partial charge in [0.2, 0.25) is 0 Å². The number of allylic oxidation sites excluding steroid dienone is 4. The van der Waals surface area contributed by atoms with Crippen LogP contribution in [0, 0.1) is 5.92 Å². The molecule has 0 bridgehead atoms. The van der Waals surface area contributed by atoms with Gasteiger partial charge in [0, 0.05) is 0 Å². The predicted molar refractivity (Wildman–Crippen MR) is 41.3 cm³/mol. The second-order valence-corrected chi connectivity index (χ2v) is 3.09. The maximum absolute atomic E-state index is 2.25. The van der Waals surface area contributed by atoms with E-state index in [0.29, 0.717) is 0 Å². The van der Waals surface area contributed by atoms with Gasteiger partial charge in [0.15, 0.2) is 0 Å². The Morgan fingerprint density at radius 2 is 2.00 bits per heavy atom. The van der Waals surface area contributed by atoms with Crippen LogP contribution in [0.15, 0.2) is 23.3 Å². The maximum Gasteiger partial charge on any atom is -0.0102 e. The summed E-state index contributed by atoms with van der Waals surface area (Å²) in [6.45, 7) is 6.68. The van der Waals surface area contributed by atoms with E-state index in [2.05, 4.69) is 32.9 Å². The maximum atomic E-state index is 2.25. The molecule has 0 saturated heterocycles. The minimum Gasteiger partial charge on any atom is -0.0693 e. The molecule has 0 fully saturated rings. The summed E-state index contributed by atoms with van der Waals surface area (Å²) in [4.78, 5) is 0. The largest absolute Gasteiger partial charge is 0.0693 e. The van der Waals surface area contributed by atoms with Crippen molar-refractivity contribution in [2.24, 2.45) is 5.92 Å². The Morgan fingerprint density at radius 1 is 1.33 bits per heavy atom. The van der Waals surface area contributed by atoms with Gasteiger partial charge in [0.25, 0.3) is 0 Å². The molecule has 0 radical (unpaired) electrons. The molecule has 0 heteroatoms. The van der Waals surface area contributed by atoms with Gasteiger partial charge in [-0.3, -0.25) is 0 Å². The van der Waals surface area contributed by atoms with E-state index in [1.165, 1.54) is 12.0 Å². The Labute approximate surface area is 57.3 Å². The van der Waals surface area contributed by atoms with Gasteiger partial charge in [0.1, 0.15) is 0 Å². The molecule has 0 atom stereocenters. The average molecular weight is 122 g/mol. The van der Waals surface area contributed by atoms with Gasteiger partial charge in [-0.2, -0.15) is 0 Å². The first-order valence-electron chi connectivity index (χ1n) is 3.56. The lowest BCUT2D eigenvalue weighted by Gasteiger charge is -2.04. The highest BCUT2D eigenvalue weighted by atomic mass is 14.1. The van der Waals surface area contributed by atoms with Crippen LogP contribution in [0.2, 0.25) is 0 Å². The zero-order valence-corrected chi connectivity index (χ0v) is 6.44. The van der Waals surface area contributed by atoms with Gasteiger partial charge in [-0.1, -0.05) is 37.1 Å². The molecule has 1 aliphatic rings. The molecule has 0 aromatic rings. The summed E-state index contributed by atoms with van der Waals surface area (Å²) < 4.78 is 0. The first-order valence-corrected chi connectivity index (χ1v) is 3.56. The molecule has 50 valence electrons. The van der Waals surface area contributed by atoms with E-state index in [0.717, 1.165) is 5.92 Å². The molecule has 9 heavy (non-hydrogen) atoms. The zero-order valence-electron chi connectivity index (χ0n) is 6.44. The second kappa shape index (κ2) is 2.38. The number of hydrogen-bond donors (Lipinski definition) is 0. The first-order chi connectivity index (χ1) is 4.20. The van der Waals surface area contributed by atoms with Gasteiger partial charge in [-0.05, 0) is 19.3 Å². The van der Waals surface area contributed by atoms with Gasteiger partial charge in [-0.25, -0.2) is 0 Å². The lowest BCUT2D eigenvalue weighted by atomic mass is 10.0. The van der Waals surface area contributed by atoms with Crippen molar-refractivity contribution in [3.63, 3.8) is 0 Å². The van der Waals surface area contributed by atoms with E-state index in [4.69, 9.17) is 0 Å². The lowest BCUT2D eigenvalue weighted by molar-refractivity contribution is 0.746. The summed E-state index contributed by atoms with van der Waals surface area (Å²) in [5.74, 6) is 0.735. The molecule has 0 aromatic heterocycles. The van der Waals surface area contributed by atoms with Gasteiger partial charge >= 0.3 is 0 Å². The van der Waals surface area contributed by atoms with Crippen molar-refractivity contribution in [2.45, 2.75) is 27.2 Å². The third-order valence-electron chi connectivity index (χ3n) is 1.81. The quantitative estimate of drug-likeness (QED) is 0.501. The molecule has 0 heterocycles. The third kappa shape index (κ3) is 1.44. The molecule has 1 aliphatic carbocycles.